The molecule has 4 heteroatoms. The van der Waals surface area contributed by atoms with Gasteiger partial charge in [0.05, 0.1) is 5.56 Å². The summed E-state index contributed by atoms with van der Waals surface area (Å²) in [5, 5.41) is 8.91. The van der Waals surface area contributed by atoms with E-state index in [1.54, 1.807) is 24.3 Å². The molecule has 19 heavy (non-hydrogen) atoms. The van der Waals surface area contributed by atoms with Crippen molar-refractivity contribution in [1.82, 2.24) is 4.90 Å². The number of benzene rings is 1. The molecule has 0 radical (unpaired) electrons. The summed E-state index contributed by atoms with van der Waals surface area (Å²) in [6.45, 7) is 4.82. The van der Waals surface area contributed by atoms with Crippen molar-refractivity contribution in [1.29, 1.82) is 0 Å². The third-order valence-corrected chi connectivity index (χ3v) is 3.30. The zero-order chi connectivity index (χ0) is 13.7. The van der Waals surface area contributed by atoms with E-state index in [2.05, 4.69) is 11.8 Å². The lowest BCUT2D eigenvalue weighted by Gasteiger charge is -2.21. The van der Waals surface area contributed by atoms with Crippen LogP contribution in [0.1, 0.15) is 36.5 Å². The van der Waals surface area contributed by atoms with Gasteiger partial charge in [-0.1, -0.05) is 13.0 Å². The maximum Gasteiger partial charge on any atom is 0.335 e. The summed E-state index contributed by atoms with van der Waals surface area (Å²) in [6, 6.07) is 7.40. The van der Waals surface area contributed by atoms with Crippen LogP contribution in [0, 0.1) is 0 Å². The molecule has 104 valence electrons. The average Bonchev–Trinajstić information content (AvgIpc) is 3.22. The Kier molecular flexibility index (Phi) is 4.80. The van der Waals surface area contributed by atoms with E-state index >= 15 is 0 Å². The minimum Gasteiger partial charge on any atom is -0.492 e. The van der Waals surface area contributed by atoms with E-state index in [1.165, 1.54) is 12.8 Å². The predicted octanol–water partition coefficient (Wildman–Crippen LogP) is 2.64. The fraction of sp³-hybridized carbons (Fsp3) is 0.533. The van der Waals surface area contributed by atoms with Gasteiger partial charge in [0.1, 0.15) is 12.4 Å². The van der Waals surface area contributed by atoms with E-state index in [0.717, 1.165) is 25.6 Å². The topological polar surface area (TPSA) is 49.8 Å². The maximum absolute atomic E-state index is 10.9. The van der Waals surface area contributed by atoms with Gasteiger partial charge in [-0.25, -0.2) is 4.79 Å². The van der Waals surface area contributed by atoms with E-state index in [1.807, 2.05) is 0 Å². The highest BCUT2D eigenvalue weighted by atomic mass is 16.5. The first-order chi connectivity index (χ1) is 9.20. The van der Waals surface area contributed by atoms with Gasteiger partial charge in [-0.05, 0) is 44.0 Å². The normalized spacial score (nSPS) is 14.6. The first-order valence-corrected chi connectivity index (χ1v) is 6.91. The van der Waals surface area contributed by atoms with Crippen molar-refractivity contribution < 1.29 is 14.6 Å². The van der Waals surface area contributed by atoms with E-state index in [-0.39, 0.29) is 5.56 Å². The fourth-order valence-electron chi connectivity index (χ4n) is 2.20. The van der Waals surface area contributed by atoms with Gasteiger partial charge in [0.15, 0.2) is 0 Å². The van der Waals surface area contributed by atoms with Gasteiger partial charge in [0, 0.05) is 12.6 Å². The summed E-state index contributed by atoms with van der Waals surface area (Å²) in [7, 11) is 0. The second-order valence-corrected chi connectivity index (χ2v) is 4.95. The van der Waals surface area contributed by atoms with Crippen molar-refractivity contribution >= 4 is 5.97 Å². The van der Waals surface area contributed by atoms with Gasteiger partial charge < -0.3 is 9.84 Å². The molecule has 1 N–H and O–H groups in total. The largest absolute Gasteiger partial charge is 0.492 e. The number of carboxylic acid groups (broad SMARTS) is 1. The van der Waals surface area contributed by atoms with E-state index in [0.29, 0.717) is 12.4 Å². The molecule has 1 aliphatic rings. The zero-order valence-corrected chi connectivity index (χ0v) is 11.3. The molecule has 1 aromatic carbocycles. The summed E-state index contributed by atoms with van der Waals surface area (Å²) in [5.41, 5.74) is 0.269. The van der Waals surface area contributed by atoms with Crippen LogP contribution < -0.4 is 4.74 Å². The Bertz CT molecular complexity index is 429. The number of carbonyl (C=O) groups is 1. The molecule has 0 heterocycles. The van der Waals surface area contributed by atoms with Gasteiger partial charge in [-0.15, -0.1) is 0 Å². The van der Waals surface area contributed by atoms with Gasteiger partial charge in [0.25, 0.3) is 0 Å². The van der Waals surface area contributed by atoms with Gasteiger partial charge in [0.2, 0.25) is 0 Å². The SMILES string of the molecule is CCCN(CCOc1cccc(C(=O)O)c1)C1CC1. The average molecular weight is 263 g/mol. The fourth-order valence-corrected chi connectivity index (χ4v) is 2.20. The third kappa shape index (κ3) is 4.24. The van der Waals surface area contributed by atoms with Crippen molar-refractivity contribution in [3.63, 3.8) is 0 Å². The van der Waals surface area contributed by atoms with Crippen molar-refractivity contribution in [2.45, 2.75) is 32.2 Å². The molecule has 0 spiro atoms. The Morgan fingerprint density at radius 1 is 1.42 bits per heavy atom. The summed E-state index contributed by atoms with van der Waals surface area (Å²) in [4.78, 5) is 13.3. The second kappa shape index (κ2) is 6.57. The Hall–Kier alpha value is -1.55. The summed E-state index contributed by atoms with van der Waals surface area (Å²) < 4.78 is 5.65. The van der Waals surface area contributed by atoms with E-state index < -0.39 is 5.97 Å². The van der Waals surface area contributed by atoms with Crippen molar-refractivity contribution in [2.24, 2.45) is 0 Å². The lowest BCUT2D eigenvalue weighted by molar-refractivity contribution is 0.0696. The number of rotatable bonds is 8. The third-order valence-electron chi connectivity index (χ3n) is 3.30. The molecule has 1 fully saturated rings. The summed E-state index contributed by atoms with van der Waals surface area (Å²) >= 11 is 0. The van der Waals surface area contributed by atoms with Crippen molar-refractivity contribution in [2.75, 3.05) is 19.7 Å². The van der Waals surface area contributed by atoms with Crippen LogP contribution in [-0.4, -0.2) is 41.7 Å². The van der Waals surface area contributed by atoms with Gasteiger partial charge in [-0.3, -0.25) is 4.90 Å². The lowest BCUT2D eigenvalue weighted by atomic mass is 10.2. The Morgan fingerprint density at radius 3 is 2.84 bits per heavy atom. The Balaban J connectivity index is 1.81. The Labute approximate surface area is 114 Å². The van der Waals surface area contributed by atoms with Gasteiger partial charge >= 0.3 is 5.97 Å². The first-order valence-electron chi connectivity index (χ1n) is 6.91. The highest BCUT2D eigenvalue weighted by molar-refractivity contribution is 5.87. The molecule has 0 bridgehead atoms. The summed E-state index contributed by atoms with van der Waals surface area (Å²) in [6.07, 6.45) is 3.76. The minimum atomic E-state index is -0.920. The molecule has 0 aliphatic heterocycles. The van der Waals surface area contributed by atoms with Crippen LogP contribution in [0.5, 0.6) is 5.75 Å². The van der Waals surface area contributed by atoms with E-state index in [4.69, 9.17) is 9.84 Å². The molecule has 0 amide bonds. The molecular formula is C15H21NO3. The van der Waals surface area contributed by atoms with Crippen LogP contribution in [0.15, 0.2) is 24.3 Å². The van der Waals surface area contributed by atoms with Crippen LogP contribution in [0.4, 0.5) is 0 Å². The molecule has 2 rings (SSSR count). The molecule has 1 saturated carbocycles. The molecule has 0 atom stereocenters. The maximum atomic E-state index is 10.9. The molecule has 1 aliphatic carbocycles. The lowest BCUT2D eigenvalue weighted by Crippen LogP contribution is -2.31. The highest BCUT2D eigenvalue weighted by Gasteiger charge is 2.27. The van der Waals surface area contributed by atoms with Crippen molar-refractivity contribution in [3.8, 4) is 5.75 Å². The second-order valence-electron chi connectivity index (χ2n) is 4.95. The number of nitrogens with zero attached hydrogens (tertiary/aromatic N) is 1. The molecule has 4 nitrogen and oxygen atoms in total. The number of carboxylic acids is 1. The predicted molar refractivity (Wildman–Crippen MR) is 73.8 cm³/mol. The Morgan fingerprint density at radius 2 is 2.21 bits per heavy atom. The van der Waals surface area contributed by atoms with Crippen LogP contribution in [-0.2, 0) is 0 Å². The number of hydrogen-bond acceptors (Lipinski definition) is 3. The minimum absolute atomic E-state index is 0.269. The standard InChI is InChI=1S/C15H21NO3/c1-2-8-16(13-6-7-13)9-10-19-14-5-3-4-12(11-14)15(17)18/h3-5,11,13H,2,6-10H2,1H3,(H,17,18). The van der Waals surface area contributed by atoms with Crippen LogP contribution in [0.25, 0.3) is 0 Å². The van der Waals surface area contributed by atoms with Crippen LogP contribution in [0.2, 0.25) is 0 Å². The molecule has 0 saturated heterocycles. The summed E-state index contributed by atoms with van der Waals surface area (Å²) in [5.74, 6) is -0.289. The van der Waals surface area contributed by atoms with Crippen LogP contribution >= 0.6 is 0 Å². The number of ether oxygens (including phenoxy) is 1. The number of hydrogen-bond donors (Lipinski definition) is 1. The van der Waals surface area contributed by atoms with E-state index in [9.17, 15) is 4.79 Å². The zero-order valence-electron chi connectivity index (χ0n) is 11.3. The highest BCUT2D eigenvalue weighted by Crippen LogP contribution is 2.26. The first kappa shape index (κ1) is 13.9. The smallest absolute Gasteiger partial charge is 0.335 e. The molecule has 0 aromatic heterocycles. The van der Waals surface area contributed by atoms with Gasteiger partial charge in [-0.2, -0.15) is 0 Å². The molecule has 0 unspecified atom stereocenters. The number of aromatic carboxylic acids is 1. The van der Waals surface area contributed by atoms with Crippen molar-refractivity contribution in [3.05, 3.63) is 29.8 Å². The van der Waals surface area contributed by atoms with Crippen LogP contribution in [0.3, 0.4) is 0 Å². The molecule has 1 aromatic rings. The quantitative estimate of drug-likeness (QED) is 0.783. The molecular weight excluding hydrogens is 242 g/mol. The monoisotopic (exact) mass is 263 g/mol.